The van der Waals surface area contributed by atoms with E-state index in [1.807, 2.05) is 0 Å². The highest BCUT2D eigenvalue weighted by Gasteiger charge is 2.55. The zero-order chi connectivity index (χ0) is 6.48. The van der Waals surface area contributed by atoms with Crippen molar-refractivity contribution in [1.82, 2.24) is 0 Å². The van der Waals surface area contributed by atoms with Crippen LogP contribution in [0.1, 0.15) is 25.7 Å². The number of hydrogen-bond acceptors (Lipinski definition) is 2. The van der Waals surface area contributed by atoms with E-state index in [1.54, 1.807) is 0 Å². The summed E-state index contributed by atoms with van der Waals surface area (Å²) in [6.07, 6.45) is 4.36. The Kier molecular flexibility index (Phi) is 1.96. The van der Waals surface area contributed by atoms with Crippen molar-refractivity contribution in [3.8, 4) is 0 Å². The van der Waals surface area contributed by atoms with Gasteiger partial charge in [-0.3, -0.25) is 0 Å². The summed E-state index contributed by atoms with van der Waals surface area (Å²) in [5.41, 5.74) is 5.94. The Bertz CT molecular complexity index is 126. The summed E-state index contributed by atoms with van der Waals surface area (Å²) < 4.78 is 0. The summed E-state index contributed by atoms with van der Waals surface area (Å²) in [7, 11) is 0. The predicted molar refractivity (Wildman–Crippen MR) is 42.1 cm³/mol. The van der Waals surface area contributed by atoms with Crippen LogP contribution in [0.3, 0.4) is 0 Å². The van der Waals surface area contributed by atoms with Gasteiger partial charge in [-0.15, -0.1) is 12.4 Å². The van der Waals surface area contributed by atoms with Crippen molar-refractivity contribution in [2.24, 2.45) is 11.1 Å². The second-order valence-corrected chi connectivity index (χ2v) is 3.44. The van der Waals surface area contributed by atoms with Gasteiger partial charge in [-0.2, -0.15) is 0 Å². The van der Waals surface area contributed by atoms with Crippen molar-refractivity contribution in [2.75, 3.05) is 0 Å². The Labute approximate surface area is 67.2 Å². The maximum Gasteiger partial charge on any atom is 0.0626 e. The van der Waals surface area contributed by atoms with E-state index in [4.69, 9.17) is 5.73 Å². The summed E-state index contributed by atoms with van der Waals surface area (Å²) in [5.74, 6) is 0. The van der Waals surface area contributed by atoms with Crippen molar-refractivity contribution < 1.29 is 5.11 Å². The van der Waals surface area contributed by atoms with E-state index in [0.29, 0.717) is 6.04 Å². The van der Waals surface area contributed by atoms with Gasteiger partial charge in [-0.1, -0.05) is 6.42 Å². The fourth-order valence-electron chi connectivity index (χ4n) is 2.09. The molecule has 3 N–H and O–H groups in total. The van der Waals surface area contributed by atoms with E-state index >= 15 is 0 Å². The molecule has 2 fully saturated rings. The summed E-state index contributed by atoms with van der Waals surface area (Å²) >= 11 is 0. The van der Waals surface area contributed by atoms with Crippen molar-refractivity contribution in [2.45, 2.75) is 37.8 Å². The fraction of sp³-hybridized carbons (Fsp3) is 1.00. The van der Waals surface area contributed by atoms with Crippen LogP contribution in [0.5, 0.6) is 0 Å². The van der Waals surface area contributed by atoms with Crippen LogP contribution in [-0.4, -0.2) is 17.3 Å². The van der Waals surface area contributed by atoms with Crippen LogP contribution >= 0.6 is 12.4 Å². The first-order valence-corrected chi connectivity index (χ1v) is 3.69. The lowest BCUT2D eigenvalue weighted by atomic mass is 9.51. The van der Waals surface area contributed by atoms with E-state index in [0.717, 1.165) is 19.3 Å². The minimum absolute atomic E-state index is 0. The minimum Gasteiger partial charge on any atom is -0.392 e. The number of hydrogen-bond donors (Lipinski definition) is 2. The van der Waals surface area contributed by atoms with E-state index in [-0.39, 0.29) is 23.9 Å². The second-order valence-electron chi connectivity index (χ2n) is 3.44. The highest BCUT2D eigenvalue weighted by Crippen LogP contribution is 2.54. The Morgan fingerprint density at radius 1 is 1.40 bits per heavy atom. The molecule has 3 heteroatoms. The topological polar surface area (TPSA) is 46.2 Å². The molecule has 2 saturated carbocycles. The third-order valence-corrected chi connectivity index (χ3v) is 3.16. The molecule has 2 aliphatic carbocycles. The monoisotopic (exact) mass is 163 g/mol. The Balaban J connectivity index is 0.000000500. The van der Waals surface area contributed by atoms with E-state index in [1.165, 1.54) is 6.42 Å². The van der Waals surface area contributed by atoms with Crippen LogP contribution in [-0.2, 0) is 0 Å². The van der Waals surface area contributed by atoms with Gasteiger partial charge >= 0.3 is 0 Å². The molecule has 0 aliphatic heterocycles. The zero-order valence-corrected chi connectivity index (χ0v) is 6.73. The normalized spacial score (nSPS) is 41.4. The number of aliphatic hydroxyl groups excluding tert-OH is 1. The lowest BCUT2D eigenvalue weighted by Crippen LogP contribution is -2.64. The molecule has 2 nitrogen and oxygen atoms in total. The zero-order valence-electron chi connectivity index (χ0n) is 5.92. The molecule has 2 rings (SSSR count). The smallest absolute Gasteiger partial charge is 0.0626 e. The van der Waals surface area contributed by atoms with Gasteiger partial charge < -0.3 is 10.8 Å². The first kappa shape index (κ1) is 8.31. The Hall–Kier alpha value is 0.210. The summed E-state index contributed by atoms with van der Waals surface area (Å²) in [4.78, 5) is 0. The van der Waals surface area contributed by atoms with Crippen LogP contribution < -0.4 is 5.73 Å². The lowest BCUT2D eigenvalue weighted by Gasteiger charge is -2.58. The molecular weight excluding hydrogens is 150 g/mol. The number of nitrogens with two attached hydrogens (primary N) is 1. The molecule has 0 bridgehead atoms. The van der Waals surface area contributed by atoms with Gasteiger partial charge in [0.1, 0.15) is 0 Å². The van der Waals surface area contributed by atoms with E-state index in [2.05, 4.69) is 0 Å². The second kappa shape index (κ2) is 2.36. The molecule has 2 unspecified atom stereocenters. The number of rotatable bonds is 0. The standard InChI is InChI=1S/C7H13NO.ClH/c8-5-4-6(9)7(5)2-1-3-7;/h5-6,9H,1-4,8H2;1H. The van der Waals surface area contributed by atoms with Gasteiger partial charge in [-0.25, -0.2) is 0 Å². The first-order valence-electron chi connectivity index (χ1n) is 3.69. The quantitative estimate of drug-likeness (QED) is 0.552. The van der Waals surface area contributed by atoms with E-state index < -0.39 is 0 Å². The summed E-state index contributed by atoms with van der Waals surface area (Å²) in [6.45, 7) is 0. The average molecular weight is 164 g/mol. The van der Waals surface area contributed by atoms with Crippen LogP contribution in [0, 0.1) is 5.41 Å². The van der Waals surface area contributed by atoms with Crippen molar-refractivity contribution in [1.29, 1.82) is 0 Å². The molecule has 1 spiro atoms. The van der Waals surface area contributed by atoms with Gasteiger partial charge in [0.15, 0.2) is 0 Å². The lowest BCUT2D eigenvalue weighted by molar-refractivity contribution is -0.133. The molecule has 0 radical (unpaired) electrons. The van der Waals surface area contributed by atoms with Crippen LogP contribution in [0.25, 0.3) is 0 Å². The van der Waals surface area contributed by atoms with Gasteiger partial charge in [0.05, 0.1) is 6.10 Å². The minimum atomic E-state index is -0.0683. The van der Waals surface area contributed by atoms with Crippen LogP contribution in [0.15, 0.2) is 0 Å². The van der Waals surface area contributed by atoms with Gasteiger partial charge in [0.25, 0.3) is 0 Å². The molecule has 10 heavy (non-hydrogen) atoms. The third-order valence-electron chi connectivity index (χ3n) is 3.16. The summed E-state index contributed by atoms with van der Waals surface area (Å²) in [6, 6.07) is 0.307. The number of halogens is 1. The van der Waals surface area contributed by atoms with Gasteiger partial charge in [0, 0.05) is 11.5 Å². The molecule has 60 valence electrons. The maximum atomic E-state index is 9.31. The first-order chi connectivity index (χ1) is 4.26. The molecule has 0 heterocycles. The molecular formula is C7H14ClNO. The molecule has 0 saturated heterocycles. The maximum absolute atomic E-state index is 9.31. The summed E-state index contributed by atoms with van der Waals surface area (Å²) in [5, 5.41) is 9.31. The largest absolute Gasteiger partial charge is 0.392 e. The third kappa shape index (κ3) is 0.728. The molecule has 0 aromatic heterocycles. The molecule has 2 aliphatic rings. The fourth-order valence-corrected chi connectivity index (χ4v) is 2.09. The molecule has 2 atom stereocenters. The van der Waals surface area contributed by atoms with Crippen molar-refractivity contribution >= 4 is 12.4 Å². The van der Waals surface area contributed by atoms with Crippen molar-refractivity contribution in [3.63, 3.8) is 0 Å². The van der Waals surface area contributed by atoms with Gasteiger partial charge in [0.2, 0.25) is 0 Å². The predicted octanol–water partition coefficient (Wildman–Crippen LogP) is 0.670. The van der Waals surface area contributed by atoms with Gasteiger partial charge in [-0.05, 0) is 19.3 Å². The van der Waals surface area contributed by atoms with E-state index in [9.17, 15) is 5.11 Å². The highest BCUT2D eigenvalue weighted by molar-refractivity contribution is 5.85. The molecule has 0 aromatic carbocycles. The SMILES string of the molecule is Cl.NC1CC(O)C12CCC2. The van der Waals surface area contributed by atoms with Crippen molar-refractivity contribution in [3.05, 3.63) is 0 Å². The van der Waals surface area contributed by atoms with Crippen LogP contribution in [0.4, 0.5) is 0 Å². The average Bonchev–Trinajstić information content (AvgIpc) is 1.60. The Morgan fingerprint density at radius 3 is 2.10 bits per heavy atom. The highest BCUT2D eigenvalue weighted by atomic mass is 35.5. The Morgan fingerprint density at radius 2 is 2.00 bits per heavy atom. The van der Waals surface area contributed by atoms with Crippen LogP contribution in [0.2, 0.25) is 0 Å². The number of aliphatic hydroxyl groups is 1. The molecule has 0 amide bonds. The molecule has 0 aromatic rings.